The van der Waals surface area contributed by atoms with Crippen LogP contribution in [0.4, 0.5) is 4.39 Å². The van der Waals surface area contributed by atoms with Crippen LogP contribution in [0.1, 0.15) is 44.5 Å². The molecule has 0 unspecified atom stereocenters. The number of hydrogen-bond acceptors (Lipinski definition) is 7. The Hall–Kier alpha value is -3.82. The number of fused-ring (bicyclic) bond motifs is 1. The number of carbonyl (C=O) groups excluding carboxylic acids is 2. The van der Waals surface area contributed by atoms with E-state index >= 15 is 0 Å². The van der Waals surface area contributed by atoms with Crippen LogP contribution in [0.3, 0.4) is 0 Å². The second-order valence-corrected chi connectivity index (χ2v) is 9.24. The molecule has 2 aromatic heterocycles. The Morgan fingerprint density at radius 1 is 1.03 bits per heavy atom. The van der Waals surface area contributed by atoms with Crippen LogP contribution >= 0.6 is 11.6 Å². The van der Waals surface area contributed by atoms with Crippen LogP contribution in [0, 0.1) is 19.7 Å². The summed E-state index contributed by atoms with van der Waals surface area (Å²) in [6, 6.07) is 13.9. The molecule has 8 nitrogen and oxygen atoms in total. The molecule has 1 aliphatic heterocycles. The number of halogens is 2. The van der Waals surface area contributed by atoms with Crippen molar-refractivity contribution in [2.75, 3.05) is 6.61 Å². The van der Waals surface area contributed by atoms with Crippen molar-refractivity contribution in [1.29, 1.82) is 0 Å². The summed E-state index contributed by atoms with van der Waals surface area (Å²) in [7, 11) is 0. The molecule has 0 saturated carbocycles. The summed E-state index contributed by atoms with van der Waals surface area (Å²) in [6.45, 7) is 3.66. The second kappa shape index (κ2) is 10.3. The highest BCUT2D eigenvalue weighted by Crippen LogP contribution is 2.36. The first-order chi connectivity index (χ1) is 17.8. The van der Waals surface area contributed by atoms with Gasteiger partial charge in [-0.2, -0.15) is 0 Å². The van der Waals surface area contributed by atoms with Crippen molar-refractivity contribution in [3.63, 3.8) is 0 Å². The van der Waals surface area contributed by atoms with Crippen LogP contribution in [-0.2, 0) is 14.2 Å². The molecule has 3 heterocycles. The molecule has 0 bridgehead atoms. The van der Waals surface area contributed by atoms with E-state index < -0.39 is 36.2 Å². The average Bonchev–Trinajstić information content (AvgIpc) is 3.44. The predicted molar refractivity (Wildman–Crippen MR) is 133 cm³/mol. The molecule has 0 spiro atoms. The van der Waals surface area contributed by atoms with Gasteiger partial charge in [-0.15, -0.1) is 0 Å². The third-order valence-electron chi connectivity index (χ3n) is 6.22. The lowest BCUT2D eigenvalue weighted by Crippen LogP contribution is -2.32. The largest absolute Gasteiger partial charge is 0.459 e. The number of aryl methyl sites for hydroxylation is 2. The molecule has 0 amide bonds. The van der Waals surface area contributed by atoms with Crippen molar-refractivity contribution in [2.24, 2.45) is 0 Å². The molecule has 0 radical (unpaired) electrons. The van der Waals surface area contributed by atoms with E-state index in [1.807, 2.05) is 38.1 Å². The Balaban J connectivity index is 1.38. The number of nitrogens with zero attached hydrogens (tertiary/aromatic N) is 3. The molecule has 37 heavy (non-hydrogen) atoms. The molecule has 2 aromatic carbocycles. The van der Waals surface area contributed by atoms with Crippen molar-refractivity contribution < 1.29 is 28.2 Å². The summed E-state index contributed by atoms with van der Waals surface area (Å²) in [6.07, 6.45) is 0.293. The van der Waals surface area contributed by atoms with Gasteiger partial charge in [-0.3, -0.25) is 0 Å². The number of rotatable bonds is 6. The summed E-state index contributed by atoms with van der Waals surface area (Å²) < 4.78 is 33.5. The number of hydrogen-bond donors (Lipinski definition) is 0. The van der Waals surface area contributed by atoms with Crippen molar-refractivity contribution in [2.45, 2.75) is 38.7 Å². The fourth-order valence-corrected chi connectivity index (χ4v) is 4.41. The SMILES string of the molecule is Cc1ccc(C(=O)OC[C@H]2O[C@@H](n3cc(F)c4c(Cl)ncnc43)C[C@@H]2OC(=O)c2ccc(C)cc2)cc1. The van der Waals surface area contributed by atoms with Gasteiger partial charge >= 0.3 is 11.9 Å². The Bertz CT molecular complexity index is 1460. The van der Waals surface area contributed by atoms with Crippen LogP contribution in [0.2, 0.25) is 5.15 Å². The van der Waals surface area contributed by atoms with E-state index in [2.05, 4.69) is 9.97 Å². The highest BCUT2D eigenvalue weighted by atomic mass is 35.5. The predicted octanol–water partition coefficient (Wildman–Crippen LogP) is 5.21. The third-order valence-corrected chi connectivity index (χ3v) is 6.51. The first-order valence-corrected chi connectivity index (χ1v) is 12.0. The molecule has 1 aliphatic rings. The molecular formula is C27H23ClFN3O5. The lowest BCUT2D eigenvalue weighted by molar-refractivity contribution is -0.0563. The van der Waals surface area contributed by atoms with Gasteiger partial charge in [0.25, 0.3) is 0 Å². The Labute approximate surface area is 216 Å². The van der Waals surface area contributed by atoms with E-state index in [4.69, 9.17) is 25.8 Å². The summed E-state index contributed by atoms with van der Waals surface area (Å²) in [5.41, 5.74) is 3.02. The third kappa shape index (κ3) is 5.19. The van der Waals surface area contributed by atoms with Crippen molar-refractivity contribution in [1.82, 2.24) is 14.5 Å². The van der Waals surface area contributed by atoms with Crippen LogP contribution in [-0.4, -0.2) is 45.3 Å². The number of esters is 2. The van der Waals surface area contributed by atoms with Gasteiger partial charge < -0.3 is 18.8 Å². The minimum absolute atomic E-state index is 0.0230. The molecular weight excluding hydrogens is 501 g/mol. The van der Waals surface area contributed by atoms with E-state index in [9.17, 15) is 14.0 Å². The smallest absolute Gasteiger partial charge is 0.338 e. The number of aromatic nitrogens is 3. The maximum absolute atomic E-state index is 14.7. The zero-order chi connectivity index (χ0) is 26.1. The summed E-state index contributed by atoms with van der Waals surface area (Å²) in [5, 5.41) is 0.0420. The zero-order valence-corrected chi connectivity index (χ0v) is 20.8. The van der Waals surface area contributed by atoms with Crippen LogP contribution < -0.4 is 0 Å². The molecule has 3 atom stereocenters. The fraction of sp³-hybridized carbons (Fsp3) is 0.259. The maximum atomic E-state index is 14.7. The normalized spacial score (nSPS) is 19.2. The monoisotopic (exact) mass is 523 g/mol. The minimum atomic E-state index is -0.799. The maximum Gasteiger partial charge on any atom is 0.338 e. The summed E-state index contributed by atoms with van der Waals surface area (Å²) >= 11 is 6.07. The topological polar surface area (TPSA) is 92.5 Å². The second-order valence-electron chi connectivity index (χ2n) is 8.89. The summed E-state index contributed by atoms with van der Waals surface area (Å²) in [4.78, 5) is 33.4. The Morgan fingerprint density at radius 3 is 2.30 bits per heavy atom. The molecule has 190 valence electrons. The molecule has 0 aliphatic carbocycles. The van der Waals surface area contributed by atoms with Gasteiger partial charge in [-0.25, -0.2) is 23.9 Å². The van der Waals surface area contributed by atoms with E-state index in [0.29, 0.717) is 11.1 Å². The van der Waals surface area contributed by atoms with Gasteiger partial charge in [0.15, 0.2) is 5.82 Å². The highest BCUT2D eigenvalue weighted by Gasteiger charge is 2.41. The molecule has 10 heteroatoms. The van der Waals surface area contributed by atoms with Gasteiger partial charge in [0.2, 0.25) is 0 Å². The van der Waals surface area contributed by atoms with Gasteiger partial charge in [0.1, 0.15) is 42.2 Å². The van der Waals surface area contributed by atoms with E-state index in [1.165, 1.54) is 17.1 Å². The number of benzene rings is 2. The fourth-order valence-electron chi connectivity index (χ4n) is 4.20. The van der Waals surface area contributed by atoms with Crippen LogP contribution in [0.25, 0.3) is 11.0 Å². The van der Waals surface area contributed by atoms with Gasteiger partial charge in [-0.05, 0) is 38.1 Å². The number of carbonyl (C=O) groups is 2. The molecule has 0 N–H and O–H groups in total. The average molecular weight is 524 g/mol. The van der Waals surface area contributed by atoms with E-state index in [1.54, 1.807) is 24.3 Å². The van der Waals surface area contributed by atoms with E-state index in [-0.39, 0.29) is 29.2 Å². The van der Waals surface area contributed by atoms with Crippen molar-refractivity contribution >= 4 is 34.6 Å². The first kappa shape index (κ1) is 24.9. The van der Waals surface area contributed by atoms with Gasteiger partial charge in [-0.1, -0.05) is 47.0 Å². The van der Waals surface area contributed by atoms with E-state index in [0.717, 1.165) is 11.1 Å². The molecule has 1 fully saturated rings. The standard InChI is InChI=1S/C27H23ClFN3O5/c1-15-3-7-17(8-4-15)26(33)35-13-21-20(37-27(34)18-9-5-16(2)6-10-18)11-22(36-21)32-12-19(29)23-24(28)30-14-31-25(23)32/h3-10,12,14,20-22H,11,13H2,1-2H3/t20-,21+,22+/m0/s1. The van der Waals surface area contributed by atoms with Crippen LogP contribution in [0.15, 0.2) is 61.1 Å². The highest BCUT2D eigenvalue weighted by molar-refractivity contribution is 6.34. The minimum Gasteiger partial charge on any atom is -0.459 e. The van der Waals surface area contributed by atoms with Crippen LogP contribution in [0.5, 0.6) is 0 Å². The van der Waals surface area contributed by atoms with Gasteiger partial charge in [0.05, 0.1) is 16.5 Å². The Kier molecular flexibility index (Phi) is 6.90. The quantitative estimate of drug-likeness (QED) is 0.253. The molecule has 5 rings (SSSR count). The summed E-state index contributed by atoms with van der Waals surface area (Å²) in [5.74, 6) is -1.68. The Morgan fingerprint density at radius 2 is 1.65 bits per heavy atom. The van der Waals surface area contributed by atoms with Gasteiger partial charge in [0, 0.05) is 12.6 Å². The lowest BCUT2D eigenvalue weighted by atomic mass is 10.1. The molecule has 4 aromatic rings. The zero-order valence-electron chi connectivity index (χ0n) is 20.1. The van der Waals surface area contributed by atoms with Crippen molar-refractivity contribution in [3.05, 3.63) is 94.3 Å². The number of ether oxygens (including phenoxy) is 3. The first-order valence-electron chi connectivity index (χ1n) is 11.6. The molecule has 1 saturated heterocycles. The van der Waals surface area contributed by atoms with Crippen molar-refractivity contribution in [3.8, 4) is 0 Å². The lowest BCUT2D eigenvalue weighted by Gasteiger charge is -2.19.